The predicted octanol–water partition coefficient (Wildman–Crippen LogP) is 9.33. The molecule has 0 fully saturated rings. The van der Waals surface area contributed by atoms with E-state index in [1.165, 1.54) is 78.1 Å². The number of nitrogens with zero attached hydrogens (tertiary/aromatic N) is 2. The van der Waals surface area contributed by atoms with Gasteiger partial charge in [0, 0.05) is 37.9 Å². The van der Waals surface area contributed by atoms with Crippen LogP contribution in [0.2, 0.25) is 0 Å². The molecule has 6 aromatic carbocycles. The van der Waals surface area contributed by atoms with Crippen molar-refractivity contribution in [3.05, 3.63) is 178 Å². The summed E-state index contributed by atoms with van der Waals surface area (Å²) in [5.41, 5.74) is 19.0. The highest BCUT2D eigenvalue weighted by Gasteiger charge is 2.51. The lowest BCUT2D eigenvalue weighted by Gasteiger charge is -2.31. The molecule has 0 unspecified atom stereocenters. The number of rotatable bonds is 4. The average molecular weight is 567 g/mol. The summed E-state index contributed by atoms with van der Waals surface area (Å²) in [6, 6.07) is 50.0. The van der Waals surface area contributed by atoms with E-state index in [1.54, 1.807) is 0 Å². The summed E-state index contributed by atoms with van der Waals surface area (Å²) in [5, 5.41) is 0. The molecule has 0 radical (unpaired) electrons. The summed E-state index contributed by atoms with van der Waals surface area (Å²) in [7, 11) is 4.45. The maximum atomic E-state index is 2.47. The molecule has 44 heavy (non-hydrogen) atoms. The molecule has 1 heterocycles. The molecule has 1 spiro atoms. The standard InChI is InChI=1S/C42H34N2/c1-43(26-28-22-23-40-31(24-28)25-29-12-3-10-21-39(29)44(40)2)27-30-13-11-20-38-41(30)34-16-6-9-19-37(34)42(38)35-17-7-4-14-32(35)33-15-5-8-18-36(33)42/h3-24H,25-27H2,1-2H3. The van der Waals surface area contributed by atoms with Crippen LogP contribution < -0.4 is 4.90 Å². The van der Waals surface area contributed by atoms with Crippen LogP contribution in [-0.4, -0.2) is 19.0 Å². The van der Waals surface area contributed by atoms with Gasteiger partial charge in [-0.1, -0.05) is 121 Å². The summed E-state index contributed by atoms with van der Waals surface area (Å²) in [4.78, 5) is 4.81. The van der Waals surface area contributed by atoms with Gasteiger partial charge in [-0.15, -0.1) is 0 Å². The average Bonchev–Trinajstić information content (AvgIpc) is 3.53. The molecule has 6 aromatic rings. The minimum atomic E-state index is -0.283. The van der Waals surface area contributed by atoms with Crippen LogP contribution in [0.15, 0.2) is 133 Å². The number of hydrogen-bond acceptors (Lipinski definition) is 2. The van der Waals surface area contributed by atoms with Gasteiger partial charge in [0.2, 0.25) is 0 Å². The van der Waals surface area contributed by atoms with Gasteiger partial charge in [-0.25, -0.2) is 0 Å². The molecule has 3 aliphatic rings. The van der Waals surface area contributed by atoms with Crippen molar-refractivity contribution in [1.29, 1.82) is 0 Å². The number of anilines is 2. The van der Waals surface area contributed by atoms with E-state index in [1.807, 2.05) is 0 Å². The monoisotopic (exact) mass is 566 g/mol. The minimum absolute atomic E-state index is 0.283. The van der Waals surface area contributed by atoms with Gasteiger partial charge in [-0.05, 0) is 85.9 Å². The Morgan fingerprint density at radius 3 is 1.91 bits per heavy atom. The van der Waals surface area contributed by atoms with E-state index < -0.39 is 0 Å². The second kappa shape index (κ2) is 9.54. The fourth-order valence-corrected chi connectivity index (χ4v) is 8.54. The smallest absolute Gasteiger partial charge is 0.0725 e. The van der Waals surface area contributed by atoms with Crippen molar-refractivity contribution >= 4 is 11.4 Å². The largest absolute Gasteiger partial charge is 0.344 e. The van der Waals surface area contributed by atoms with Crippen molar-refractivity contribution in [2.45, 2.75) is 24.9 Å². The van der Waals surface area contributed by atoms with Gasteiger partial charge < -0.3 is 4.90 Å². The number of hydrogen-bond donors (Lipinski definition) is 0. The van der Waals surface area contributed by atoms with Crippen LogP contribution in [0.5, 0.6) is 0 Å². The first-order valence-electron chi connectivity index (χ1n) is 15.7. The van der Waals surface area contributed by atoms with Crippen LogP contribution in [-0.2, 0) is 24.9 Å². The molecule has 0 aromatic heterocycles. The zero-order valence-electron chi connectivity index (χ0n) is 25.2. The molecular formula is C42H34N2. The highest BCUT2D eigenvalue weighted by Crippen LogP contribution is 2.63. The first-order valence-corrected chi connectivity index (χ1v) is 15.7. The van der Waals surface area contributed by atoms with Crippen LogP contribution >= 0.6 is 0 Å². The number of fused-ring (bicyclic) bond motifs is 12. The molecule has 2 heteroatoms. The second-order valence-electron chi connectivity index (χ2n) is 12.7. The molecule has 9 rings (SSSR count). The van der Waals surface area contributed by atoms with Gasteiger partial charge >= 0.3 is 0 Å². The van der Waals surface area contributed by atoms with E-state index in [0.29, 0.717) is 0 Å². The summed E-state index contributed by atoms with van der Waals surface area (Å²) < 4.78 is 0. The molecule has 0 atom stereocenters. The first-order chi connectivity index (χ1) is 21.6. The Hall–Kier alpha value is -4.92. The highest BCUT2D eigenvalue weighted by molar-refractivity contribution is 5.95. The topological polar surface area (TPSA) is 6.48 Å². The van der Waals surface area contributed by atoms with Crippen LogP contribution in [0.3, 0.4) is 0 Å². The fraction of sp³-hybridized carbons (Fsp3) is 0.143. The Morgan fingerprint density at radius 2 is 1.16 bits per heavy atom. The maximum absolute atomic E-state index is 2.47. The van der Waals surface area contributed by atoms with Crippen molar-refractivity contribution in [2.75, 3.05) is 19.0 Å². The van der Waals surface area contributed by atoms with E-state index in [4.69, 9.17) is 0 Å². The third-order valence-electron chi connectivity index (χ3n) is 10.2. The summed E-state index contributed by atoms with van der Waals surface area (Å²) in [5.74, 6) is 0. The summed E-state index contributed by atoms with van der Waals surface area (Å²) in [6.07, 6.45) is 0.988. The Labute approximate surface area is 259 Å². The van der Waals surface area contributed by atoms with Gasteiger partial charge in [0.1, 0.15) is 0 Å². The van der Waals surface area contributed by atoms with E-state index in [9.17, 15) is 0 Å². The van der Waals surface area contributed by atoms with Crippen molar-refractivity contribution in [3.8, 4) is 22.3 Å². The fourth-order valence-electron chi connectivity index (χ4n) is 8.54. The number of para-hydroxylation sites is 1. The van der Waals surface area contributed by atoms with E-state index in [2.05, 4.69) is 157 Å². The molecule has 2 nitrogen and oxygen atoms in total. The Kier molecular flexibility index (Phi) is 5.54. The van der Waals surface area contributed by atoms with E-state index >= 15 is 0 Å². The van der Waals surface area contributed by atoms with Crippen molar-refractivity contribution in [3.63, 3.8) is 0 Å². The molecular weight excluding hydrogens is 532 g/mol. The molecule has 0 saturated carbocycles. The van der Waals surface area contributed by atoms with Crippen LogP contribution in [0.1, 0.15) is 44.5 Å². The van der Waals surface area contributed by atoms with Crippen molar-refractivity contribution < 1.29 is 0 Å². The highest BCUT2D eigenvalue weighted by atomic mass is 15.1. The quantitative estimate of drug-likeness (QED) is 0.209. The van der Waals surface area contributed by atoms with Gasteiger partial charge in [-0.2, -0.15) is 0 Å². The third kappa shape index (κ3) is 3.46. The molecule has 0 saturated heterocycles. The molecule has 0 bridgehead atoms. The number of benzene rings is 6. The van der Waals surface area contributed by atoms with Crippen molar-refractivity contribution in [1.82, 2.24) is 4.90 Å². The maximum Gasteiger partial charge on any atom is 0.0725 e. The second-order valence-corrected chi connectivity index (χ2v) is 12.7. The zero-order chi connectivity index (χ0) is 29.4. The van der Waals surface area contributed by atoms with E-state index in [0.717, 1.165) is 19.5 Å². The van der Waals surface area contributed by atoms with Gasteiger partial charge in [-0.3, -0.25) is 4.90 Å². The normalized spacial score (nSPS) is 14.6. The predicted molar refractivity (Wildman–Crippen MR) is 182 cm³/mol. The van der Waals surface area contributed by atoms with Gasteiger partial charge in [0.15, 0.2) is 0 Å². The van der Waals surface area contributed by atoms with Crippen LogP contribution in [0, 0.1) is 0 Å². The van der Waals surface area contributed by atoms with Crippen molar-refractivity contribution in [2.24, 2.45) is 0 Å². The minimum Gasteiger partial charge on any atom is -0.344 e. The summed E-state index contributed by atoms with van der Waals surface area (Å²) >= 11 is 0. The van der Waals surface area contributed by atoms with E-state index in [-0.39, 0.29) is 5.41 Å². The van der Waals surface area contributed by atoms with Gasteiger partial charge in [0.05, 0.1) is 5.41 Å². The lowest BCUT2D eigenvalue weighted by atomic mass is 9.70. The first kappa shape index (κ1) is 25.6. The summed E-state index contributed by atoms with van der Waals surface area (Å²) in [6.45, 7) is 1.79. The molecule has 212 valence electrons. The Morgan fingerprint density at radius 1 is 0.568 bits per heavy atom. The third-order valence-corrected chi connectivity index (χ3v) is 10.2. The molecule has 0 N–H and O–H groups in total. The lowest BCUT2D eigenvalue weighted by Crippen LogP contribution is -2.26. The van der Waals surface area contributed by atoms with Gasteiger partial charge in [0.25, 0.3) is 0 Å². The molecule has 0 amide bonds. The van der Waals surface area contributed by atoms with Crippen LogP contribution in [0.4, 0.5) is 11.4 Å². The lowest BCUT2D eigenvalue weighted by molar-refractivity contribution is 0.319. The molecule has 1 aliphatic heterocycles. The molecule has 2 aliphatic carbocycles. The zero-order valence-corrected chi connectivity index (χ0v) is 25.2. The van der Waals surface area contributed by atoms with Crippen LogP contribution in [0.25, 0.3) is 22.3 Å². The Bertz CT molecular complexity index is 2060. The SMILES string of the molecule is CN(Cc1ccc2c(c1)Cc1ccccc1N2C)Cc1cccc2c1-c1ccccc1C21c2ccccc2-c2ccccc21. The Balaban J connectivity index is 1.10.